The smallest absolute Gasteiger partial charge is 0.294 e. The number of hydrogen-bond acceptors (Lipinski definition) is 5. The van der Waals surface area contributed by atoms with E-state index in [1.165, 1.54) is 11.1 Å². The highest BCUT2D eigenvalue weighted by Gasteiger charge is 2.47. The van der Waals surface area contributed by atoms with Gasteiger partial charge in [-0.05, 0) is 43.9 Å². The zero-order chi connectivity index (χ0) is 19.4. The Morgan fingerprint density at radius 2 is 1.96 bits per heavy atom. The fraction of sp³-hybridized carbons (Fsp3) is 0.429. The van der Waals surface area contributed by atoms with Gasteiger partial charge in [0.2, 0.25) is 5.82 Å². The topological polar surface area (TPSA) is 75.4 Å². The largest absolute Gasteiger partial charge is 0.328 e. The molecule has 5 rings (SSSR count). The number of carbonyl (C=O) groups excluding carboxylic acids is 1. The molecule has 3 atom stereocenters. The molecular formula is C21H24N6O. The van der Waals surface area contributed by atoms with Gasteiger partial charge in [0, 0.05) is 36.9 Å². The average molecular weight is 376 g/mol. The van der Waals surface area contributed by atoms with Crippen molar-refractivity contribution in [2.75, 3.05) is 19.6 Å². The van der Waals surface area contributed by atoms with Gasteiger partial charge in [0.15, 0.2) is 0 Å². The number of hydrogen-bond donors (Lipinski definition) is 1. The van der Waals surface area contributed by atoms with Crippen LogP contribution in [0.1, 0.15) is 39.2 Å². The van der Waals surface area contributed by atoms with Crippen molar-refractivity contribution < 1.29 is 4.79 Å². The summed E-state index contributed by atoms with van der Waals surface area (Å²) in [7, 11) is 0. The summed E-state index contributed by atoms with van der Waals surface area (Å²) < 4.78 is 1.65. The Bertz CT molecular complexity index is 1070. The molecule has 144 valence electrons. The number of fused-ring (bicyclic) bond motifs is 2. The van der Waals surface area contributed by atoms with E-state index >= 15 is 0 Å². The van der Waals surface area contributed by atoms with Crippen molar-refractivity contribution >= 4 is 11.7 Å². The number of likely N-dealkylation sites (tertiary alicyclic amines) is 1. The highest BCUT2D eigenvalue weighted by molar-refractivity contribution is 5.91. The molecular weight excluding hydrogens is 352 g/mol. The van der Waals surface area contributed by atoms with Crippen molar-refractivity contribution in [3.63, 3.8) is 0 Å². The Morgan fingerprint density at radius 1 is 1.14 bits per heavy atom. The molecule has 2 aromatic heterocycles. The van der Waals surface area contributed by atoms with Crippen LogP contribution in [0.15, 0.2) is 30.3 Å². The third kappa shape index (κ3) is 2.61. The standard InChI is InChI=1S/C21H24N6O/c1-12-6-4-5-7-16(12)18-17-10-22-9-15(17)11-26(18)20(28)19-24-21-23-13(2)8-14(3)27(21)25-19/h4-8,15,17-18,22H,9-11H2,1-3H3/t15-,17-,18+/m0/s1. The van der Waals surface area contributed by atoms with Crippen molar-refractivity contribution in [2.45, 2.75) is 26.8 Å². The normalized spacial score (nSPS) is 24.1. The van der Waals surface area contributed by atoms with Crippen LogP contribution in [0.4, 0.5) is 0 Å². The van der Waals surface area contributed by atoms with Crippen molar-refractivity contribution in [3.8, 4) is 0 Å². The summed E-state index contributed by atoms with van der Waals surface area (Å²) >= 11 is 0. The van der Waals surface area contributed by atoms with Gasteiger partial charge in [0.25, 0.3) is 11.7 Å². The molecule has 3 aromatic rings. The third-order valence-electron chi connectivity index (χ3n) is 6.14. The van der Waals surface area contributed by atoms with Gasteiger partial charge in [-0.2, -0.15) is 4.98 Å². The predicted molar refractivity (Wildman–Crippen MR) is 105 cm³/mol. The van der Waals surface area contributed by atoms with E-state index in [-0.39, 0.29) is 17.8 Å². The fourth-order valence-electron chi connectivity index (χ4n) is 4.83. The Labute approximate surface area is 163 Å². The highest BCUT2D eigenvalue weighted by atomic mass is 16.2. The van der Waals surface area contributed by atoms with Crippen LogP contribution in [-0.4, -0.2) is 50.0 Å². The molecule has 2 aliphatic rings. The van der Waals surface area contributed by atoms with Crippen LogP contribution >= 0.6 is 0 Å². The number of nitrogens with zero attached hydrogens (tertiary/aromatic N) is 5. The molecule has 28 heavy (non-hydrogen) atoms. The summed E-state index contributed by atoms with van der Waals surface area (Å²) in [5.41, 5.74) is 4.23. The van der Waals surface area contributed by atoms with Crippen molar-refractivity contribution in [1.82, 2.24) is 29.8 Å². The lowest BCUT2D eigenvalue weighted by molar-refractivity contribution is 0.0701. The lowest BCUT2D eigenvalue weighted by Crippen LogP contribution is -2.35. The maximum absolute atomic E-state index is 13.5. The predicted octanol–water partition coefficient (Wildman–Crippen LogP) is 2.08. The number of rotatable bonds is 2. The van der Waals surface area contributed by atoms with Crippen LogP contribution in [0.25, 0.3) is 5.78 Å². The van der Waals surface area contributed by atoms with E-state index < -0.39 is 0 Å². The Morgan fingerprint density at radius 3 is 2.79 bits per heavy atom. The maximum atomic E-state index is 13.5. The second-order valence-electron chi connectivity index (χ2n) is 8.03. The van der Waals surface area contributed by atoms with E-state index in [1.54, 1.807) is 4.52 Å². The van der Waals surface area contributed by atoms with E-state index in [0.29, 0.717) is 17.6 Å². The zero-order valence-corrected chi connectivity index (χ0v) is 16.4. The van der Waals surface area contributed by atoms with Crippen LogP contribution in [0.3, 0.4) is 0 Å². The lowest BCUT2D eigenvalue weighted by atomic mass is 9.87. The van der Waals surface area contributed by atoms with Gasteiger partial charge in [-0.1, -0.05) is 24.3 Å². The van der Waals surface area contributed by atoms with Crippen LogP contribution in [0.2, 0.25) is 0 Å². The minimum Gasteiger partial charge on any atom is -0.328 e. The Balaban J connectivity index is 1.56. The van der Waals surface area contributed by atoms with Gasteiger partial charge in [-0.25, -0.2) is 9.50 Å². The maximum Gasteiger partial charge on any atom is 0.294 e. The number of amides is 1. The van der Waals surface area contributed by atoms with E-state index in [4.69, 9.17) is 0 Å². The van der Waals surface area contributed by atoms with Gasteiger partial charge < -0.3 is 10.2 Å². The van der Waals surface area contributed by atoms with E-state index in [1.807, 2.05) is 30.9 Å². The minimum absolute atomic E-state index is 0.0519. The number of carbonyl (C=O) groups is 1. The van der Waals surface area contributed by atoms with Gasteiger partial charge >= 0.3 is 0 Å². The Hall–Kier alpha value is -2.80. The molecule has 7 nitrogen and oxygen atoms in total. The average Bonchev–Trinajstić information content (AvgIpc) is 3.35. The molecule has 1 N–H and O–H groups in total. The van der Waals surface area contributed by atoms with Gasteiger partial charge in [-0.15, -0.1) is 5.10 Å². The van der Waals surface area contributed by atoms with Crippen molar-refractivity contribution in [2.24, 2.45) is 11.8 Å². The quantitative estimate of drug-likeness (QED) is 0.741. The summed E-state index contributed by atoms with van der Waals surface area (Å²) in [5.74, 6) is 1.49. The van der Waals surface area contributed by atoms with Crippen LogP contribution in [0, 0.1) is 32.6 Å². The van der Waals surface area contributed by atoms with Crippen LogP contribution in [0.5, 0.6) is 0 Å². The second kappa shape index (κ2) is 6.38. The SMILES string of the molecule is Cc1cc(C)n2nc(C(=O)N3C[C@@H]4CNC[C@@H]4[C@H]3c3ccccc3C)nc2n1. The molecule has 2 saturated heterocycles. The summed E-state index contributed by atoms with van der Waals surface area (Å²) in [6, 6.07) is 10.4. The lowest BCUT2D eigenvalue weighted by Gasteiger charge is -2.28. The third-order valence-corrected chi connectivity index (χ3v) is 6.14. The van der Waals surface area contributed by atoms with Gasteiger partial charge in [-0.3, -0.25) is 4.79 Å². The first-order valence-electron chi connectivity index (χ1n) is 9.81. The summed E-state index contributed by atoms with van der Waals surface area (Å²) in [6.45, 7) is 8.61. The summed E-state index contributed by atoms with van der Waals surface area (Å²) in [4.78, 5) is 24.3. The van der Waals surface area contributed by atoms with Crippen molar-refractivity contribution in [3.05, 3.63) is 58.7 Å². The molecule has 0 radical (unpaired) electrons. The monoisotopic (exact) mass is 376 g/mol. The first-order chi connectivity index (χ1) is 13.5. The summed E-state index contributed by atoms with van der Waals surface area (Å²) in [6.07, 6.45) is 0. The van der Waals surface area contributed by atoms with E-state index in [2.05, 4.69) is 45.5 Å². The molecule has 0 spiro atoms. The van der Waals surface area contributed by atoms with Crippen molar-refractivity contribution in [1.29, 1.82) is 0 Å². The molecule has 2 fully saturated rings. The molecule has 0 bridgehead atoms. The second-order valence-corrected chi connectivity index (χ2v) is 8.03. The molecule has 1 amide bonds. The van der Waals surface area contributed by atoms with Gasteiger partial charge in [0.1, 0.15) is 0 Å². The number of benzene rings is 1. The Kier molecular flexibility index (Phi) is 3.94. The van der Waals surface area contributed by atoms with Crippen LogP contribution < -0.4 is 5.32 Å². The van der Waals surface area contributed by atoms with Crippen LogP contribution in [-0.2, 0) is 0 Å². The first kappa shape index (κ1) is 17.3. The molecule has 7 heteroatoms. The minimum atomic E-state index is -0.106. The molecule has 0 unspecified atom stereocenters. The molecule has 0 saturated carbocycles. The molecule has 0 aliphatic carbocycles. The fourth-order valence-corrected chi connectivity index (χ4v) is 4.83. The highest BCUT2D eigenvalue weighted by Crippen LogP contribution is 2.44. The number of nitrogens with one attached hydrogen (secondary N) is 1. The molecule has 4 heterocycles. The van der Waals surface area contributed by atoms with E-state index in [0.717, 1.165) is 31.0 Å². The summed E-state index contributed by atoms with van der Waals surface area (Å²) in [5, 5.41) is 7.97. The van der Waals surface area contributed by atoms with Gasteiger partial charge in [0.05, 0.1) is 6.04 Å². The number of aromatic nitrogens is 4. The first-order valence-corrected chi connectivity index (χ1v) is 9.81. The zero-order valence-electron chi connectivity index (χ0n) is 16.4. The van der Waals surface area contributed by atoms with E-state index in [9.17, 15) is 4.79 Å². The molecule has 2 aliphatic heterocycles. The number of aryl methyl sites for hydroxylation is 3. The molecule has 1 aromatic carbocycles.